The standard InChI is InChI=1S/C12H22FN/c13-12(7-3-1-4-8-12)11-14-9-5-2-6-10-14/h1-11H2. The molecule has 0 bridgehead atoms. The first-order valence-electron chi connectivity index (χ1n) is 6.20. The molecule has 1 nitrogen and oxygen atoms in total. The zero-order valence-corrected chi connectivity index (χ0v) is 9.10. The predicted molar refractivity (Wildman–Crippen MR) is 57.2 cm³/mol. The van der Waals surface area contributed by atoms with Crippen LogP contribution in [0.15, 0.2) is 0 Å². The number of hydrogen-bond acceptors (Lipinski definition) is 1. The van der Waals surface area contributed by atoms with Gasteiger partial charge in [-0.05, 0) is 38.8 Å². The molecular formula is C12H22FN. The van der Waals surface area contributed by atoms with E-state index in [9.17, 15) is 4.39 Å². The van der Waals surface area contributed by atoms with Crippen molar-refractivity contribution in [3.8, 4) is 0 Å². The van der Waals surface area contributed by atoms with E-state index in [1.54, 1.807) is 0 Å². The first-order chi connectivity index (χ1) is 6.79. The van der Waals surface area contributed by atoms with Gasteiger partial charge in [-0.15, -0.1) is 0 Å². The van der Waals surface area contributed by atoms with Crippen molar-refractivity contribution in [2.24, 2.45) is 0 Å². The first kappa shape index (κ1) is 10.4. The average Bonchev–Trinajstić information content (AvgIpc) is 2.19. The molecule has 0 unspecified atom stereocenters. The Hall–Kier alpha value is -0.110. The maximum Gasteiger partial charge on any atom is 0.123 e. The van der Waals surface area contributed by atoms with Crippen LogP contribution in [0.3, 0.4) is 0 Å². The van der Waals surface area contributed by atoms with Gasteiger partial charge >= 0.3 is 0 Å². The highest BCUT2D eigenvalue weighted by Crippen LogP contribution is 2.33. The van der Waals surface area contributed by atoms with Crippen LogP contribution in [0, 0.1) is 0 Å². The van der Waals surface area contributed by atoms with E-state index in [1.807, 2.05) is 0 Å². The fourth-order valence-electron chi connectivity index (χ4n) is 2.86. The molecule has 0 spiro atoms. The van der Waals surface area contributed by atoms with Crippen molar-refractivity contribution in [3.63, 3.8) is 0 Å². The van der Waals surface area contributed by atoms with Gasteiger partial charge in [-0.25, -0.2) is 4.39 Å². The summed E-state index contributed by atoms with van der Waals surface area (Å²) in [6.07, 6.45) is 8.95. The Morgan fingerprint density at radius 1 is 0.857 bits per heavy atom. The normalized spacial score (nSPS) is 28.9. The highest BCUT2D eigenvalue weighted by molar-refractivity contribution is 4.86. The fraction of sp³-hybridized carbons (Fsp3) is 1.00. The van der Waals surface area contributed by atoms with Gasteiger partial charge in [0.05, 0.1) is 0 Å². The van der Waals surface area contributed by atoms with Crippen LogP contribution in [-0.2, 0) is 0 Å². The third-order valence-corrected chi connectivity index (χ3v) is 3.71. The largest absolute Gasteiger partial charge is 0.300 e. The number of rotatable bonds is 2. The highest BCUT2D eigenvalue weighted by atomic mass is 19.1. The summed E-state index contributed by atoms with van der Waals surface area (Å²) in [7, 11) is 0. The molecule has 1 aliphatic heterocycles. The molecule has 82 valence electrons. The van der Waals surface area contributed by atoms with Crippen LogP contribution in [0.1, 0.15) is 51.4 Å². The van der Waals surface area contributed by atoms with Crippen molar-refractivity contribution in [1.29, 1.82) is 0 Å². The maximum atomic E-state index is 14.3. The number of alkyl halides is 1. The Balaban J connectivity index is 1.81. The van der Waals surface area contributed by atoms with Crippen molar-refractivity contribution in [2.45, 2.75) is 57.0 Å². The van der Waals surface area contributed by atoms with Crippen LogP contribution in [0.25, 0.3) is 0 Å². The minimum Gasteiger partial charge on any atom is -0.300 e. The van der Waals surface area contributed by atoms with Gasteiger partial charge in [0.1, 0.15) is 5.67 Å². The topological polar surface area (TPSA) is 3.24 Å². The van der Waals surface area contributed by atoms with Crippen molar-refractivity contribution in [2.75, 3.05) is 19.6 Å². The third-order valence-electron chi connectivity index (χ3n) is 3.71. The summed E-state index contributed by atoms with van der Waals surface area (Å²) in [5.41, 5.74) is -0.838. The molecule has 1 aliphatic carbocycles. The van der Waals surface area contributed by atoms with E-state index in [-0.39, 0.29) is 0 Å². The zero-order valence-electron chi connectivity index (χ0n) is 9.10. The number of piperidine rings is 1. The van der Waals surface area contributed by atoms with E-state index in [0.717, 1.165) is 38.8 Å². The lowest BCUT2D eigenvalue weighted by Gasteiger charge is -2.36. The van der Waals surface area contributed by atoms with Gasteiger partial charge in [0.15, 0.2) is 0 Å². The molecule has 0 aromatic heterocycles. The van der Waals surface area contributed by atoms with Crippen LogP contribution >= 0.6 is 0 Å². The third kappa shape index (κ3) is 2.69. The second kappa shape index (κ2) is 4.61. The summed E-state index contributed by atoms with van der Waals surface area (Å²) in [5, 5.41) is 0. The van der Waals surface area contributed by atoms with Gasteiger partial charge in [0.2, 0.25) is 0 Å². The van der Waals surface area contributed by atoms with E-state index >= 15 is 0 Å². The predicted octanol–water partition coefficient (Wildman–Crippen LogP) is 3.14. The molecule has 2 aliphatic rings. The van der Waals surface area contributed by atoms with E-state index in [4.69, 9.17) is 0 Å². The lowest BCUT2D eigenvalue weighted by atomic mass is 9.85. The van der Waals surface area contributed by atoms with Gasteiger partial charge in [-0.3, -0.25) is 0 Å². The lowest BCUT2D eigenvalue weighted by molar-refractivity contribution is 0.0478. The summed E-state index contributed by atoms with van der Waals surface area (Å²) in [4.78, 5) is 2.34. The van der Waals surface area contributed by atoms with E-state index in [2.05, 4.69) is 4.90 Å². The molecule has 14 heavy (non-hydrogen) atoms. The molecular weight excluding hydrogens is 177 g/mol. The lowest BCUT2D eigenvalue weighted by Crippen LogP contribution is -2.43. The Kier molecular flexibility index (Phi) is 3.42. The van der Waals surface area contributed by atoms with Crippen LogP contribution in [0.4, 0.5) is 4.39 Å². The van der Waals surface area contributed by atoms with Gasteiger partial charge in [0.25, 0.3) is 0 Å². The van der Waals surface area contributed by atoms with Crippen molar-refractivity contribution < 1.29 is 4.39 Å². The van der Waals surface area contributed by atoms with Crippen LogP contribution < -0.4 is 0 Å². The van der Waals surface area contributed by atoms with Gasteiger partial charge in [0, 0.05) is 6.54 Å². The van der Waals surface area contributed by atoms with Gasteiger partial charge in [-0.1, -0.05) is 25.7 Å². The molecule has 1 saturated heterocycles. The van der Waals surface area contributed by atoms with Crippen molar-refractivity contribution in [1.82, 2.24) is 4.90 Å². The van der Waals surface area contributed by atoms with Crippen LogP contribution in [0.5, 0.6) is 0 Å². The first-order valence-corrected chi connectivity index (χ1v) is 6.20. The van der Waals surface area contributed by atoms with E-state index in [1.165, 1.54) is 25.7 Å². The average molecular weight is 199 g/mol. The Bertz CT molecular complexity index is 169. The summed E-state index contributed by atoms with van der Waals surface area (Å²) in [5.74, 6) is 0. The molecule has 1 saturated carbocycles. The number of halogens is 1. The van der Waals surface area contributed by atoms with Gasteiger partial charge < -0.3 is 4.90 Å². The summed E-state index contributed by atoms with van der Waals surface area (Å²) in [6, 6.07) is 0. The van der Waals surface area contributed by atoms with E-state index < -0.39 is 5.67 Å². The van der Waals surface area contributed by atoms with Crippen molar-refractivity contribution >= 4 is 0 Å². The van der Waals surface area contributed by atoms with Crippen molar-refractivity contribution in [3.05, 3.63) is 0 Å². The zero-order chi connectivity index (χ0) is 9.86. The Morgan fingerprint density at radius 2 is 1.43 bits per heavy atom. The molecule has 0 N–H and O–H groups in total. The Morgan fingerprint density at radius 3 is 2.07 bits per heavy atom. The quantitative estimate of drug-likeness (QED) is 0.660. The van der Waals surface area contributed by atoms with Gasteiger partial charge in [-0.2, -0.15) is 0 Å². The smallest absolute Gasteiger partial charge is 0.123 e. The molecule has 2 heteroatoms. The second-order valence-electron chi connectivity index (χ2n) is 5.05. The maximum absolute atomic E-state index is 14.3. The number of likely N-dealkylation sites (tertiary alicyclic amines) is 1. The molecule has 2 rings (SSSR count). The molecule has 0 aromatic rings. The molecule has 0 radical (unpaired) electrons. The minimum atomic E-state index is -0.838. The SMILES string of the molecule is FC1(CN2CCCCC2)CCCCC1. The van der Waals surface area contributed by atoms with Crippen LogP contribution in [-0.4, -0.2) is 30.2 Å². The van der Waals surface area contributed by atoms with Crippen LogP contribution in [0.2, 0.25) is 0 Å². The molecule has 2 fully saturated rings. The highest BCUT2D eigenvalue weighted by Gasteiger charge is 2.33. The summed E-state index contributed by atoms with van der Waals surface area (Å²) < 4.78 is 14.3. The second-order valence-corrected chi connectivity index (χ2v) is 5.05. The molecule has 0 amide bonds. The molecule has 1 heterocycles. The summed E-state index contributed by atoms with van der Waals surface area (Å²) in [6.45, 7) is 2.98. The number of hydrogen-bond donors (Lipinski definition) is 0. The minimum absolute atomic E-state index is 0.715. The fourth-order valence-corrected chi connectivity index (χ4v) is 2.86. The number of nitrogens with zero attached hydrogens (tertiary/aromatic N) is 1. The molecule has 0 atom stereocenters. The monoisotopic (exact) mass is 199 g/mol. The van der Waals surface area contributed by atoms with E-state index in [0.29, 0.717) is 6.54 Å². The molecule has 0 aromatic carbocycles. The Labute approximate surface area is 86.7 Å². The summed E-state index contributed by atoms with van der Waals surface area (Å²) >= 11 is 0.